The maximum absolute atomic E-state index is 11.6. The Morgan fingerprint density at radius 1 is 1.29 bits per heavy atom. The second-order valence-electron chi connectivity index (χ2n) is 3.13. The van der Waals surface area contributed by atoms with E-state index in [4.69, 9.17) is 0 Å². The molecule has 0 bridgehead atoms. The maximum Gasteiger partial charge on any atom is 0.179 e. The maximum atomic E-state index is 11.6. The van der Waals surface area contributed by atoms with Gasteiger partial charge in [-0.25, -0.2) is 8.42 Å². The summed E-state index contributed by atoms with van der Waals surface area (Å²) in [6.07, 6.45) is 0.107. The number of carbonyl (C=O) groups excluding carboxylic acids is 1. The minimum atomic E-state index is -3.22. The van der Waals surface area contributed by atoms with Gasteiger partial charge in [0.05, 0.1) is 10.6 Å². The molecule has 74 valence electrons. The van der Waals surface area contributed by atoms with Crippen LogP contribution in [0.3, 0.4) is 0 Å². The summed E-state index contributed by atoms with van der Waals surface area (Å²) in [5.41, 5.74) is 0.344. The van der Waals surface area contributed by atoms with Crippen LogP contribution in [0.5, 0.6) is 0 Å². The van der Waals surface area contributed by atoms with E-state index in [-0.39, 0.29) is 22.9 Å². The summed E-state index contributed by atoms with van der Waals surface area (Å²) in [5.74, 6) is -0.134. The van der Waals surface area contributed by atoms with Crippen LogP contribution in [0.2, 0.25) is 0 Å². The molecule has 3 nitrogen and oxygen atoms in total. The first-order chi connectivity index (χ1) is 6.50. The van der Waals surface area contributed by atoms with E-state index in [0.29, 0.717) is 5.56 Å². The molecule has 0 saturated heterocycles. The Bertz CT molecular complexity index is 505. The molecule has 0 saturated carbocycles. The van der Waals surface area contributed by atoms with Crippen LogP contribution in [0.4, 0.5) is 0 Å². The number of ketones is 1. The lowest BCUT2D eigenvalue weighted by molar-refractivity contribution is 0.0983. The largest absolute Gasteiger partial charge is 0.294 e. The van der Waals surface area contributed by atoms with Crippen LogP contribution in [-0.2, 0) is 9.84 Å². The third-order valence-corrected chi connectivity index (χ3v) is 4.60. The number of hydrogen-bond acceptors (Lipinski definition) is 3. The molecule has 0 radical (unpaired) electrons. The van der Waals surface area contributed by atoms with Crippen LogP contribution in [0.15, 0.2) is 23.1 Å². The van der Waals surface area contributed by atoms with Gasteiger partial charge in [-0.3, -0.25) is 4.79 Å². The molecule has 0 fully saturated rings. The second kappa shape index (κ2) is 3.30. The van der Waals surface area contributed by atoms with Crippen molar-refractivity contribution in [2.45, 2.75) is 11.3 Å². The minimum absolute atomic E-state index is 0.0566. The molecule has 0 atom stereocenters. The van der Waals surface area contributed by atoms with Gasteiger partial charge in [-0.05, 0) is 40.8 Å². The SMILES string of the molecule is O=C1CCS(=O)(=O)c2cc(I)ccc21. The highest BCUT2D eigenvalue weighted by atomic mass is 127. The van der Waals surface area contributed by atoms with Gasteiger partial charge in [0.25, 0.3) is 0 Å². The Morgan fingerprint density at radius 3 is 2.71 bits per heavy atom. The molecule has 1 aromatic rings. The van der Waals surface area contributed by atoms with Crippen molar-refractivity contribution in [2.75, 3.05) is 5.75 Å². The van der Waals surface area contributed by atoms with Gasteiger partial charge in [-0.2, -0.15) is 0 Å². The van der Waals surface area contributed by atoms with E-state index in [1.165, 1.54) is 0 Å². The average Bonchev–Trinajstić information content (AvgIpc) is 2.12. The van der Waals surface area contributed by atoms with E-state index < -0.39 is 9.84 Å². The molecule has 14 heavy (non-hydrogen) atoms. The first kappa shape index (κ1) is 10.1. The third-order valence-electron chi connectivity index (χ3n) is 2.18. The van der Waals surface area contributed by atoms with Gasteiger partial charge in [0.2, 0.25) is 0 Å². The number of halogens is 1. The van der Waals surface area contributed by atoms with Crippen LogP contribution < -0.4 is 0 Å². The topological polar surface area (TPSA) is 51.2 Å². The lowest BCUT2D eigenvalue weighted by Crippen LogP contribution is -2.21. The number of hydrogen-bond donors (Lipinski definition) is 0. The predicted molar refractivity (Wildman–Crippen MR) is 60.2 cm³/mol. The fourth-order valence-electron chi connectivity index (χ4n) is 1.46. The van der Waals surface area contributed by atoms with Gasteiger partial charge >= 0.3 is 0 Å². The Morgan fingerprint density at radius 2 is 2.00 bits per heavy atom. The Labute approximate surface area is 95.6 Å². The van der Waals surface area contributed by atoms with Gasteiger partial charge < -0.3 is 0 Å². The zero-order chi connectivity index (χ0) is 10.3. The van der Waals surface area contributed by atoms with Crippen LogP contribution >= 0.6 is 22.6 Å². The summed E-state index contributed by atoms with van der Waals surface area (Å²) in [5, 5.41) is 0. The first-order valence-electron chi connectivity index (χ1n) is 4.06. The van der Waals surface area contributed by atoms with Crippen molar-refractivity contribution in [3.05, 3.63) is 27.3 Å². The van der Waals surface area contributed by atoms with Crippen molar-refractivity contribution in [3.63, 3.8) is 0 Å². The number of Topliss-reactive ketones (excluding diaryl/α,β-unsaturated/α-hetero) is 1. The van der Waals surface area contributed by atoms with E-state index in [2.05, 4.69) is 0 Å². The normalized spacial score (nSPS) is 19.1. The molecular formula is C9H7IO3S. The van der Waals surface area contributed by atoms with Crippen LogP contribution in [0.25, 0.3) is 0 Å². The van der Waals surface area contributed by atoms with Gasteiger partial charge in [0.1, 0.15) is 0 Å². The molecule has 1 aromatic carbocycles. The predicted octanol–water partition coefficient (Wildman–Crippen LogP) is 1.65. The lowest BCUT2D eigenvalue weighted by Gasteiger charge is -2.14. The molecule has 5 heteroatoms. The highest BCUT2D eigenvalue weighted by molar-refractivity contribution is 14.1. The van der Waals surface area contributed by atoms with Crippen molar-refractivity contribution >= 4 is 38.2 Å². The van der Waals surface area contributed by atoms with Crippen LogP contribution in [-0.4, -0.2) is 20.0 Å². The molecule has 0 N–H and O–H groups in total. The van der Waals surface area contributed by atoms with Crippen molar-refractivity contribution < 1.29 is 13.2 Å². The number of fused-ring (bicyclic) bond motifs is 1. The molecule has 1 aliphatic rings. The van der Waals surface area contributed by atoms with E-state index in [0.717, 1.165) is 3.57 Å². The zero-order valence-electron chi connectivity index (χ0n) is 7.16. The van der Waals surface area contributed by atoms with E-state index in [9.17, 15) is 13.2 Å². The summed E-state index contributed by atoms with van der Waals surface area (Å²) in [6.45, 7) is 0. The Hall–Kier alpha value is -0.430. The van der Waals surface area contributed by atoms with Gasteiger partial charge in [-0.1, -0.05) is 0 Å². The lowest BCUT2D eigenvalue weighted by atomic mass is 10.1. The molecular weight excluding hydrogens is 315 g/mol. The highest BCUT2D eigenvalue weighted by Gasteiger charge is 2.28. The van der Waals surface area contributed by atoms with E-state index >= 15 is 0 Å². The first-order valence-corrected chi connectivity index (χ1v) is 6.79. The van der Waals surface area contributed by atoms with Gasteiger partial charge in [0, 0.05) is 15.6 Å². The minimum Gasteiger partial charge on any atom is -0.294 e. The highest BCUT2D eigenvalue weighted by Crippen LogP contribution is 2.26. The molecule has 1 heterocycles. The van der Waals surface area contributed by atoms with Crippen molar-refractivity contribution in [1.29, 1.82) is 0 Å². The number of rotatable bonds is 0. The molecule has 1 aliphatic heterocycles. The smallest absolute Gasteiger partial charge is 0.179 e. The Balaban J connectivity index is 2.77. The monoisotopic (exact) mass is 322 g/mol. The zero-order valence-corrected chi connectivity index (χ0v) is 10.1. The van der Waals surface area contributed by atoms with Crippen molar-refractivity contribution in [1.82, 2.24) is 0 Å². The summed E-state index contributed by atoms with van der Waals surface area (Å²) < 4.78 is 24.1. The molecule has 0 aromatic heterocycles. The third kappa shape index (κ3) is 1.58. The summed E-state index contributed by atoms with van der Waals surface area (Å²) in [6, 6.07) is 4.90. The van der Waals surface area contributed by atoms with Crippen molar-refractivity contribution in [3.8, 4) is 0 Å². The number of carbonyl (C=O) groups is 1. The summed E-state index contributed by atoms with van der Waals surface area (Å²) in [4.78, 5) is 11.6. The number of sulfone groups is 1. The van der Waals surface area contributed by atoms with Crippen molar-refractivity contribution in [2.24, 2.45) is 0 Å². The Kier molecular flexibility index (Phi) is 2.38. The summed E-state index contributed by atoms with van der Waals surface area (Å²) >= 11 is 2.03. The molecule has 0 amide bonds. The average molecular weight is 322 g/mol. The van der Waals surface area contributed by atoms with Gasteiger partial charge in [0.15, 0.2) is 15.6 Å². The van der Waals surface area contributed by atoms with Crippen LogP contribution in [0, 0.1) is 3.57 Å². The molecule has 0 unspecified atom stereocenters. The standard InChI is InChI=1S/C9H7IO3S/c10-6-1-2-7-8(11)3-4-14(12,13)9(7)5-6/h1-2,5H,3-4H2. The number of benzene rings is 1. The fourth-order valence-corrected chi connectivity index (χ4v) is 3.66. The molecule has 0 spiro atoms. The van der Waals surface area contributed by atoms with E-state index in [1.54, 1.807) is 18.2 Å². The second-order valence-corrected chi connectivity index (χ2v) is 6.46. The molecule has 2 rings (SSSR count). The summed E-state index contributed by atoms with van der Waals surface area (Å²) in [7, 11) is -3.22. The van der Waals surface area contributed by atoms with E-state index in [1.807, 2.05) is 22.6 Å². The quantitative estimate of drug-likeness (QED) is 0.683. The van der Waals surface area contributed by atoms with Gasteiger partial charge in [-0.15, -0.1) is 0 Å². The molecule has 0 aliphatic carbocycles. The fraction of sp³-hybridized carbons (Fsp3) is 0.222. The van der Waals surface area contributed by atoms with Crippen LogP contribution in [0.1, 0.15) is 16.8 Å².